The third-order valence-corrected chi connectivity index (χ3v) is 2.41. The fourth-order valence-electron chi connectivity index (χ4n) is 1.55. The summed E-state index contributed by atoms with van der Waals surface area (Å²) in [7, 11) is 0. The smallest absolute Gasteiger partial charge is 0.358 e. The molecule has 0 aliphatic rings. The maximum absolute atomic E-state index is 10.7. The van der Waals surface area contributed by atoms with Gasteiger partial charge < -0.3 is 10.1 Å². The molecular weight excluding hydrogens is 252 g/mol. The van der Waals surface area contributed by atoms with Crippen molar-refractivity contribution >= 4 is 5.82 Å². The first-order valence-corrected chi connectivity index (χ1v) is 5.21. The Morgan fingerprint density at radius 2 is 2.00 bits per heavy atom. The molecule has 0 bridgehead atoms. The molecule has 3 rings (SSSR count). The van der Waals surface area contributed by atoms with Crippen molar-refractivity contribution in [1.82, 2.24) is 25.3 Å². The van der Waals surface area contributed by atoms with Crippen LogP contribution in [0.1, 0.15) is 0 Å². The summed E-state index contributed by atoms with van der Waals surface area (Å²) >= 11 is 0. The summed E-state index contributed by atoms with van der Waals surface area (Å²) in [4.78, 5) is 10.0. The van der Waals surface area contributed by atoms with Crippen LogP contribution >= 0.6 is 0 Å². The summed E-state index contributed by atoms with van der Waals surface area (Å²) < 4.78 is 5.50. The molecule has 0 unspecified atom stereocenters. The maximum Gasteiger partial charge on any atom is 0.461 e. The van der Waals surface area contributed by atoms with Crippen LogP contribution in [0.4, 0.5) is 5.82 Å². The van der Waals surface area contributed by atoms with E-state index in [2.05, 4.69) is 25.3 Å². The average molecular weight is 258 g/mol. The fourth-order valence-corrected chi connectivity index (χ4v) is 1.55. The Balaban J connectivity index is 2.02. The third kappa shape index (κ3) is 1.92. The van der Waals surface area contributed by atoms with Gasteiger partial charge in [0.1, 0.15) is 5.69 Å². The van der Waals surface area contributed by atoms with Crippen LogP contribution in [0.3, 0.4) is 0 Å². The summed E-state index contributed by atoms with van der Waals surface area (Å²) in [6.45, 7) is 0. The van der Waals surface area contributed by atoms with Crippen molar-refractivity contribution in [1.29, 1.82) is 0 Å². The van der Waals surface area contributed by atoms with Crippen LogP contribution in [0.5, 0.6) is 0 Å². The van der Waals surface area contributed by atoms with Crippen LogP contribution in [0.2, 0.25) is 0 Å². The molecule has 0 aliphatic carbocycles. The molecule has 0 saturated carbocycles. The van der Waals surface area contributed by atoms with Crippen molar-refractivity contribution < 1.29 is 9.55 Å². The summed E-state index contributed by atoms with van der Waals surface area (Å²) in [6, 6.07) is 9.29. The van der Waals surface area contributed by atoms with Gasteiger partial charge in [0.05, 0.1) is 6.20 Å². The normalized spacial score (nSPS) is 10.5. The lowest BCUT2D eigenvalue weighted by molar-refractivity contribution is -0.390. The van der Waals surface area contributed by atoms with Gasteiger partial charge in [0.2, 0.25) is 0 Å². The minimum Gasteiger partial charge on any atom is -0.358 e. The van der Waals surface area contributed by atoms with E-state index >= 15 is 0 Å². The van der Waals surface area contributed by atoms with E-state index in [0.29, 0.717) is 5.69 Å². The van der Waals surface area contributed by atoms with Crippen LogP contribution in [0.25, 0.3) is 17.1 Å². The van der Waals surface area contributed by atoms with Gasteiger partial charge in [0, 0.05) is 10.7 Å². The Morgan fingerprint density at radius 1 is 1.21 bits per heavy atom. The summed E-state index contributed by atoms with van der Waals surface area (Å²) in [6.07, 6.45) is 1.52. The summed E-state index contributed by atoms with van der Waals surface area (Å²) in [5, 5.41) is 25.1. The molecule has 9 heteroatoms. The van der Waals surface area contributed by atoms with E-state index in [0.717, 1.165) is 10.2 Å². The largest absolute Gasteiger partial charge is 0.461 e. The minimum absolute atomic E-state index is 0.111. The van der Waals surface area contributed by atoms with Gasteiger partial charge in [-0.05, 0) is 4.92 Å². The predicted molar refractivity (Wildman–Crippen MR) is 61.3 cm³/mol. The Bertz CT molecular complexity index is 720. The molecule has 1 aromatic carbocycles. The van der Waals surface area contributed by atoms with Gasteiger partial charge in [-0.15, -0.1) is 9.73 Å². The monoisotopic (exact) mass is 258 g/mol. The van der Waals surface area contributed by atoms with E-state index in [1.165, 1.54) is 6.20 Å². The molecule has 19 heavy (non-hydrogen) atoms. The van der Waals surface area contributed by atoms with Crippen molar-refractivity contribution in [3.63, 3.8) is 0 Å². The zero-order chi connectivity index (χ0) is 13.2. The van der Waals surface area contributed by atoms with Crippen LogP contribution in [-0.2, 0) is 0 Å². The number of rotatable bonds is 3. The van der Waals surface area contributed by atoms with Crippen molar-refractivity contribution in [3.8, 4) is 17.1 Å². The molecule has 2 aromatic heterocycles. The molecule has 0 N–H and O–H groups in total. The number of aromatic nitrogens is 5. The number of benzene rings is 1. The highest BCUT2D eigenvalue weighted by Crippen LogP contribution is 2.20. The van der Waals surface area contributed by atoms with Gasteiger partial charge in [0.15, 0.2) is 5.16 Å². The third-order valence-electron chi connectivity index (χ3n) is 2.41. The Morgan fingerprint density at radius 3 is 2.74 bits per heavy atom. The molecule has 0 aliphatic heterocycles. The van der Waals surface area contributed by atoms with E-state index < -0.39 is 10.7 Å². The number of hydrogen-bond donors (Lipinski definition) is 0. The predicted octanol–water partition coefficient (Wildman–Crippen LogP) is 1.23. The van der Waals surface area contributed by atoms with Crippen LogP contribution in [0.15, 0.2) is 41.2 Å². The second-order valence-corrected chi connectivity index (χ2v) is 3.58. The second kappa shape index (κ2) is 4.29. The number of nitrogens with zero attached hydrogens (tertiary/aromatic N) is 6. The molecule has 0 fully saturated rings. The number of hydrogen-bond acceptors (Lipinski definition) is 7. The van der Waals surface area contributed by atoms with Gasteiger partial charge in [-0.3, -0.25) is 0 Å². The highest BCUT2D eigenvalue weighted by atomic mass is 16.6. The van der Waals surface area contributed by atoms with Crippen molar-refractivity contribution in [2.75, 3.05) is 0 Å². The maximum atomic E-state index is 10.7. The standard InChI is InChI=1S/C10H6N6O3/c17-16(18)10-9(12-19-13-10)15-6-8(11-14-15)7-4-2-1-3-5-7/h1-6H. The van der Waals surface area contributed by atoms with Crippen LogP contribution in [-0.4, -0.2) is 30.2 Å². The molecule has 9 nitrogen and oxygen atoms in total. The molecule has 0 saturated heterocycles. The molecule has 0 atom stereocenters. The van der Waals surface area contributed by atoms with Gasteiger partial charge in [-0.1, -0.05) is 35.5 Å². The molecule has 94 valence electrons. The Kier molecular flexibility index (Phi) is 2.49. The van der Waals surface area contributed by atoms with E-state index in [4.69, 9.17) is 0 Å². The van der Waals surface area contributed by atoms with Crippen LogP contribution < -0.4 is 0 Å². The quantitative estimate of drug-likeness (QED) is 0.512. The zero-order valence-electron chi connectivity index (χ0n) is 9.37. The first-order valence-electron chi connectivity index (χ1n) is 5.21. The highest BCUT2D eigenvalue weighted by molar-refractivity contribution is 5.58. The second-order valence-electron chi connectivity index (χ2n) is 3.58. The van der Waals surface area contributed by atoms with Crippen molar-refractivity contribution in [3.05, 3.63) is 46.6 Å². The zero-order valence-corrected chi connectivity index (χ0v) is 9.37. The molecule has 3 aromatic rings. The summed E-state index contributed by atoms with van der Waals surface area (Å²) in [5.74, 6) is -0.621. The molecule has 0 radical (unpaired) electrons. The van der Waals surface area contributed by atoms with Crippen molar-refractivity contribution in [2.24, 2.45) is 0 Å². The average Bonchev–Trinajstić information content (AvgIpc) is 3.08. The van der Waals surface area contributed by atoms with Crippen LogP contribution in [0, 0.1) is 10.1 Å². The van der Waals surface area contributed by atoms with Gasteiger partial charge >= 0.3 is 11.6 Å². The molecule has 0 spiro atoms. The molecular formula is C10H6N6O3. The number of nitro groups is 1. The van der Waals surface area contributed by atoms with Gasteiger partial charge in [-0.25, -0.2) is 0 Å². The topological polar surface area (TPSA) is 113 Å². The van der Waals surface area contributed by atoms with Crippen molar-refractivity contribution in [2.45, 2.75) is 0 Å². The lowest BCUT2D eigenvalue weighted by Gasteiger charge is -1.93. The van der Waals surface area contributed by atoms with E-state index in [1.807, 2.05) is 30.3 Å². The minimum atomic E-state index is -0.699. The van der Waals surface area contributed by atoms with E-state index in [-0.39, 0.29) is 5.82 Å². The van der Waals surface area contributed by atoms with Gasteiger partial charge in [0.25, 0.3) is 0 Å². The Labute approximate surface area is 105 Å². The molecule has 2 heterocycles. The Hall–Kier alpha value is -3.10. The molecule has 0 amide bonds. The first kappa shape index (κ1) is 11.0. The fraction of sp³-hybridized carbons (Fsp3) is 0. The lowest BCUT2D eigenvalue weighted by Crippen LogP contribution is -2.00. The first-order chi connectivity index (χ1) is 9.25. The highest BCUT2D eigenvalue weighted by Gasteiger charge is 2.25. The lowest BCUT2D eigenvalue weighted by atomic mass is 10.2. The van der Waals surface area contributed by atoms with E-state index in [1.54, 1.807) is 0 Å². The summed E-state index contributed by atoms with van der Waals surface area (Å²) in [5.41, 5.74) is 1.41. The van der Waals surface area contributed by atoms with Gasteiger partial charge in [-0.2, -0.15) is 4.68 Å². The SMILES string of the molecule is O=[N+]([O-])c1nonc1-n1cc(-c2ccccc2)nn1. The van der Waals surface area contributed by atoms with E-state index in [9.17, 15) is 10.1 Å².